The number of thiophene rings is 1. The molecule has 0 aliphatic heterocycles. The molecule has 1 N–H and O–H groups in total. The number of aromatic nitrogens is 2. The number of nitrogens with zero attached hydrogens (tertiary/aromatic N) is 2. The van der Waals surface area contributed by atoms with Crippen LogP contribution >= 0.6 is 22.9 Å². The Bertz CT molecular complexity index is 926. The maximum Gasteiger partial charge on any atom is 0.387 e. The number of ether oxygens (including phenoxy) is 1. The summed E-state index contributed by atoms with van der Waals surface area (Å²) in [7, 11) is 0. The number of carbonyl (C=O) groups excluding carboxylic acids is 1. The fourth-order valence-corrected chi connectivity index (χ4v) is 3.27. The lowest BCUT2D eigenvalue weighted by molar-refractivity contribution is -0.0493. The number of alkyl halides is 2. The summed E-state index contributed by atoms with van der Waals surface area (Å²) in [6.07, 6.45) is 3.21. The van der Waals surface area contributed by atoms with Gasteiger partial charge in [-0.05, 0) is 41.6 Å². The minimum absolute atomic E-state index is 0.0816. The molecule has 0 fully saturated rings. The summed E-state index contributed by atoms with van der Waals surface area (Å²) in [5, 5.41) is 9.07. The van der Waals surface area contributed by atoms with Crippen molar-refractivity contribution >= 4 is 34.5 Å². The molecule has 0 saturated carbocycles. The number of benzene rings is 1. The van der Waals surface area contributed by atoms with Crippen molar-refractivity contribution in [1.29, 1.82) is 0 Å². The molecule has 0 spiro atoms. The number of amides is 1. The van der Waals surface area contributed by atoms with Gasteiger partial charge in [0.15, 0.2) is 0 Å². The van der Waals surface area contributed by atoms with Crippen LogP contribution in [0.4, 0.5) is 14.5 Å². The van der Waals surface area contributed by atoms with Crippen LogP contribution in [0.25, 0.3) is 0 Å². The molecule has 0 radical (unpaired) electrons. The van der Waals surface area contributed by atoms with Crippen molar-refractivity contribution in [3.8, 4) is 5.75 Å². The van der Waals surface area contributed by atoms with Gasteiger partial charge in [-0.2, -0.15) is 13.9 Å². The van der Waals surface area contributed by atoms with Crippen LogP contribution in [0.3, 0.4) is 0 Å². The predicted molar refractivity (Wildman–Crippen MR) is 96.4 cm³/mol. The average Bonchev–Trinajstić information content (AvgIpc) is 3.19. The lowest BCUT2D eigenvalue weighted by atomic mass is 10.2. The monoisotopic (exact) mass is 397 g/mol. The van der Waals surface area contributed by atoms with Gasteiger partial charge in [-0.1, -0.05) is 17.7 Å². The fourth-order valence-electron chi connectivity index (χ4n) is 2.31. The SMILES string of the molecule is Cc1ccc(OC(F)F)c(NC(=O)c2cc(Cn3cc(Cl)cn3)cs2)c1. The third kappa shape index (κ3) is 4.59. The van der Waals surface area contributed by atoms with Gasteiger partial charge in [-0.25, -0.2) is 0 Å². The molecule has 1 aromatic carbocycles. The predicted octanol–water partition coefficient (Wildman–Crippen LogP) is 4.81. The van der Waals surface area contributed by atoms with Crippen molar-refractivity contribution in [3.63, 3.8) is 0 Å². The molecule has 26 heavy (non-hydrogen) atoms. The van der Waals surface area contributed by atoms with Crippen molar-refractivity contribution in [2.75, 3.05) is 5.32 Å². The summed E-state index contributed by atoms with van der Waals surface area (Å²) in [6.45, 7) is -0.705. The number of hydrogen-bond donors (Lipinski definition) is 1. The third-order valence-corrected chi connectivity index (χ3v) is 4.60. The minimum Gasteiger partial charge on any atom is -0.433 e. The summed E-state index contributed by atoms with van der Waals surface area (Å²) in [4.78, 5) is 12.9. The quantitative estimate of drug-likeness (QED) is 0.649. The Balaban J connectivity index is 1.73. The van der Waals surface area contributed by atoms with Gasteiger partial charge >= 0.3 is 6.61 Å². The Labute approximate surface area is 157 Å². The number of halogens is 3. The normalized spacial score (nSPS) is 11.0. The van der Waals surface area contributed by atoms with Crippen molar-refractivity contribution in [2.45, 2.75) is 20.1 Å². The van der Waals surface area contributed by atoms with E-state index < -0.39 is 12.5 Å². The van der Waals surface area contributed by atoms with Gasteiger partial charge < -0.3 is 10.1 Å². The second-order valence-electron chi connectivity index (χ2n) is 5.51. The lowest BCUT2D eigenvalue weighted by Crippen LogP contribution is -2.13. The van der Waals surface area contributed by atoms with Crippen LogP contribution in [0.1, 0.15) is 20.8 Å². The van der Waals surface area contributed by atoms with Crippen LogP contribution in [0.5, 0.6) is 5.75 Å². The molecular weight excluding hydrogens is 384 g/mol. The van der Waals surface area contributed by atoms with Crippen LogP contribution < -0.4 is 10.1 Å². The van der Waals surface area contributed by atoms with E-state index in [9.17, 15) is 13.6 Å². The van der Waals surface area contributed by atoms with E-state index in [-0.39, 0.29) is 11.4 Å². The maximum atomic E-state index is 12.5. The number of carbonyl (C=O) groups is 1. The van der Waals surface area contributed by atoms with Crippen LogP contribution in [0.2, 0.25) is 5.02 Å². The van der Waals surface area contributed by atoms with E-state index >= 15 is 0 Å². The Morgan fingerprint density at radius 2 is 2.23 bits per heavy atom. The summed E-state index contributed by atoms with van der Waals surface area (Å²) < 4.78 is 31.2. The zero-order valence-electron chi connectivity index (χ0n) is 13.6. The number of hydrogen-bond acceptors (Lipinski definition) is 4. The van der Waals surface area contributed by atoms with Crippen molar-refractivity contribution < 1.29 is 18.3 Å². The molecule has 0 aliphatic carbocycles. The highest BCUT2D eigenvalue weighted by atomic mass is 35.5. The maximum absolute atomic E-state index is 12.5. The van der Waals surface area contributed by atoms with Crippen LogP contribution in [-0.2, 0) is 6.54 Å². The molecule has 2 heterocycles. The van der Waals surface area contributed by atoms with E-state index in [2.05, 4.69) is 15.2 Å². The fraction of sp³-hybridized carbons (Fsp3) is 0.176. The van der Waals surface area contributed by atoms with Gasteiger partial charge in [0, 0.05) is 6.20 Å². The molecule has 0 unspecified atom stereocenters. The Morgan fingerprint density at radius 1 is 1.42 bits per heavy atom. The zero-order chi connectivity index (χ0) is 18.7. The van der Waals surface area contributed by atoms with Crippen molar-refractivity contribution in [1.82, 2.24) is 9.78 Å². The molecule has 1 amide bonds. The number of nitrogens with one attached hydrogen (secondary N) is 1. The highest BCUT2D eigenvalue weighted by Crippen LogP contribution is 2.28. The van der Waals surface area contributed by atoms with E-state index in [4.69, 9.17) is 11.6 Å². The first-order valence-corrected chi connectivity index (χ1v) is 8.78. The molecule has 0 saturated heterocycles. The van der Waals surface area contributed by atoms with Crippen LogP contribution in [0, 0.1) is 6.92 Å². The molecular formula is C17H14ClF2N3O2S. The third-order valence-electron chi connectivity index (χ3n) is 3.42. The van der Waals surface area contributed by atoms with Gasteiger partial charge in [0.05, 0.1) is 28.3 Å². The number of anilines is 1. The van der Waals surface area contributed by atoms with E-state index in [1.807, 2.05) is 5.38 Å². The second kappa shape index (κ2) is 7.84. The second-order valence-corrected chi connectivity index (χ2v) is 6.86. The van der Waals surface area contributed by atoms with Gasteiger partial charge in [0.25, 0.3) is 5.91 Å². The largest absolute Gasteiger partial charge is 0.433 e. The first kappa shape index (κ1) is 18.3. The summed E-state index contributed by atoms with van der Waals surface area (Å²) in [5.74, 6) is -0.480. The average molecular weight is 398 g/mol. The lowest BCUT2D eigenvalue weighted by Gasteiger charge is -2.12. The molecule has 5 nitrogen and oxygen atoms in total. The van der Waals surface area contributed by atoms with Gasteiger partial charge in [-0.15, -0.1) is 11.3 Å². The van der Waals surface area contributed by atoms with Crippen LogP contribution in [0.15, 0.2) is 42.0 Å². The molecule has 0 aliphatic rings. The molecule has 3 rings (SSSR count). The summed E-state index contributed by atoms with van der Waals surface area (Å²) in [6, 6.07) is 6.33. The minimum atomic E-state index is -2.97. The summed E-state index contributed by atoms with van der Waals surface area (Å²) in [5.41, 5.74) is 1.89. The standard InChI is InChI=1S/C17H14ClF2N3O2S/c1-10-2-3-14(25-17(19)20)13(4-10)22-16(24)15-5-11(9-26-15)7-23-8-12(18)6-21-23/h2-6,8-9,17H,7H2,1H3,(H,22,24). The molecule has 2 aromatic heterocycles. The van der Waals surface area contributed by atoms with Crippen LogP contribution in [-0.4, -0.2) is 22.3 Å². The highest BCUT2D eigenvalue weighted by Gasteiger charge is 2.15. The van der Waals surface area contributed by atoms with Gasteiger partial charge in [0.1, 0.15) is 5.75 Å². The first-order chi connectivity index (χ1) is 12.4. The van der Waals surface area contributed by atoms with E-state index in [0.29, 0.717) is 16.4 Å². The van der Waals surface area contributed by atoms with E-state index in [1.165, 1.54) is 23.6 Å². The highest BCUT2D eigenvalue weighted by molar-refractivity contribution is 7.12. The summed E-state index contributed by atoms with van der Waals surface area (Å²) >= 11 is 7.08. The molecule has 0 atom stereocenters. The van der Waals surface area contributed by atoms with Crippen molar-refractivity contribution in [3.05, 3.63) is 63.1 Å². The zero-order valence-corrected chi connectivity index (χ0v) is 15.2. The molecule has 9 heteroatoms. The Hall–Kier alpha value is -2.45. The number of aryl methyl sites for hydroxylation is 1. The number of rotatable bonds is 6. The van der Waals surface area contributed by atoms with Gasteiger partial charge in [-0.3, -0.25) is 9.48 Å². The van der Waals surface area contributed by atoms with Gasteiger partial charge in [0.2, 0.25) is 0 Å². The topological polar surface area (TPSA) is 56.1 Å². The first-order valence-electron chi connectivity index (χ1n) is 7.53. The molecule has 136 valence electrons. The van der Waals surface area contributed by atoms with E-state index in [0.717, 1.165) is 11.1 Å². The van der Waals surface area contributed by atoms with E-state index in [1.54, 1.807) is 36.0 Å². The Kier molecular flexibility index (Phi) is 5.53. The smallest absolute Gasteiger partial charge is 0.387 e. The molecule has 0 bridgehead atoms. The molecule has 3 aromatic rings. The Morgan fingerprint density at radius 3 is 2.92 bits per heavy atom. The van der Waals surface area contributed by atoms with Crippen molar-refractivity contribution in [2.24, 2.45) is 0 Å².